The molecule has 1 atom stereocenters. The summed E-state index contributed by atoms with van der Waals surface area (Å²) in [5.74, 6) is 1.60. The number of nitrogen functional groups attached to an aromatic ring is 1. The molecule has 3 N–H and O–H groups in total. The van der Waals surface area contributed by atoms with E-state index in [9.17, 15) is 0 Å². The van der Waals surface area contributed by atoms with Crippen molar-refractivity contribution >= 4 is 27.7 Å². The third kappa shape index (κ3) is 3.66. The van der Waals surface area contributed by atoms with Gasteiger partial charge in [-0.15, -0.1) is 0 Å². The summed E-state index contributed by atoms with van der Waals surface area (Å²) in [5, 5.41) is 3.28. The summed E-state index contributed by atoms with van der Waals surface area (Å²) < 4.78 is 0.705. The first-order chi connectivity index (χ1) is 7.02. The summed E-state index contributed by atoms with van der Waals surface area (Å²) in [6, 6.07) is 2.06. The highest BCUT2D eigenvalue weighted by Crippen LogP contribution is 2.16. The molecule has 0 aliphatic carbocycles. The third-order valence-corrected chi connectivity index (χ3v) is 2.68. The number of nitrogens with zero attached hydrogens (tertiary/aromatic N) is 2. The predicted octanol–water partition coefficient (Wildman–Crippen LogP) is 2.67. The van der Waals surface area contributed by atoms with Crippen LogP contribution in [0.15, 0.2) is 10.7 Å². The van der Waals surface area contributed by atoms with E-state index in [1.807, 2.05) is 0 Å². The maximum Gasteiger partial charge on any atom is 0.225 e. The van der Waals surface area contributed by atoms with Crippen LogP contribution in [0.3, 0.4) is 0 Å². The van der Waals surface area contributed by atoms with Gasteiger partial charge in [0.05, 0.1) is 0 Å². The summed E-state index contributed by atoms with van der Waals surface area (Å²) in [6.07, 6.45) is 1.04. The third-order valence-electron chi connectivity index (χ3n) is 2.27. The van der Waals surface area contributed by atoms with Crippen LogP contribution in [0.1, 0.15) is 27.2 Å². The predicted molar refractivity (Wildman–Crippen MR) is 66.7 cm³/mol. The Morgan fingerprint density at radius 2 is 2.13 bits per heavy atom. The fraction of sp³-hybridized carbons (Fsp3) is 0.600. The van der Waals surface area contributed by atoms with Crippen molar-refractivity contribution in [2.45, 2.75) is 33.2 Å². The number of nitrogens with two attached hydrogens (primary N) is 1. The van der Waals surface area contributed by atoms with Crippen LogP contribution in [0, 0.1) is 5.92 Å². The molecule has 0 saturated carbocycles. The van der Waals surface area contributed by atoms with Crippen molar-refractivity contribution in [3.8, 4) is 0 Å². The van der Waals surface area contributed by atoms with Crippen LogP contribution >= 0.6 is 15.9 Å². The molecule has 1 aromatic rings. The van der Waals surface area contributed by atoms with Gasteiger partial charge in [-0.1, -0.05) is 20.8 Å². The Morgan fingerprint density at radius 1 is 1.47 bits per heavy atom. The summed E-state index contributed by atoms with van der Waals surface area (Å²) >= 11 is 3.29. The lowest BCUT2D eigenvalue weighted by molar-refractivity contribution is 0.508. The van der Waals surface area contributed by atoms with Crippen molar-refractivity contribution in [3.05, 3.63) is 10.7 Å². The molecule has 0 bridgehead atoms. The van der Waals surface area contributed by atoms with E-state index in [-0.39, 0.29) is 0 Å². The Balaban J connectivity index is 2.79. The Morgan fingerprint density at radius 3 is 2.60 bits per heavy atom. The van der Waals surface area contributed by atoms with Gasteiger partial charge >= 0.3 is 0 Å². The van der Waals surface area contributed by atoms with E-state index in [0.29, 0.717) is 28.3 Å². The maximum absolute atomic E-state index is 5.63. The van der Waals surface area contributed by atoms with Crippen LogP contribution in [-0.2, 0) is 0 Å². The maximum atomic E-state index is 5.63. The van der Waals surface area contributed by atoms with Crippen molar-refractivity contribution < 1.29 is 0 Å². The summed E-state index contributed by atoms with van der Waals surface area (Å²) in [6.45, 7) is 6.48. The van der Waals surface area contributed by atoms with E-state index in [1.165, 1.54) is 0 Å². The molecular weight excluding hydrogens is 256 g/mol. The number of hydrogen-bond donors (Lipinski definition) is 2. The smallest absolute Gasteiger partial charge is 0.225 e. The minimum atomic E-state index is 0.374. The van der Waals surface area contributed by atoms with Gasteiger partial charge in [0.1, 0.15) is 10.4 Å². The first-order valence-electron chi connectivity index (χ1n) is 5.09. The molecule has 1 aromatic heterocycles. The van der Waals surface area contributed by atoms with Crippen LogP contribution in [-0.4, -0.2) is 16.0 Å². The topological polar surface area (TPSA) is 63.8 Å². The highest BCUT2D eigenvalue weighted by atomic mass is 79.9. The molecule has 1 rings (SSSR count). The highest BCUT2D eigenvalue weighted by Gasteiger charge is 2.12. The summed E-state index contributed by atoms with van der Waals surface area (Å²) in [7, 11) is 0. The second-order valence-electron chi connectivity index (χ2n) is 3.84. The molecular formula is C10H17BrN4. The molecule has 1 unspecified atom stereocenters. The van der Waals surface area contributed by atoms with Crippen LogP contribution < -0.4 is 11.1 Å². The lowest BCUT2D eigenvalue weighted by Gasteiger charge is -2.20. The molecule has 0 amide bonds. The number of hydrogen-bond acceptors (Lipinski definition) is 4. The molecule has 0 fully saturated rings. The molecule has 84 valence electrons. The van der Waals surface area contributed by atoms with Gasteiger partial charge in [0, 0.05) is 12.1 Å². The zero-order valence-corrected chi connectivity index (χ0v) is 10.9. The van der Waals surface area contributed by atoms with Gasteiger partial charge in [0.25, 0.3) is 0 Å². The van der Waals surface area contributed by atoms with Gasteiger partial charge in [0.15, 0.2) is 0 Å². The second-order valence-corrected chi connectivity index (χ2v) is 4.65. The van der Waals surface area contributed by atoms with Crippen LogP contribution in [0.25, 0.3) is 0 Å². The van der Waals surface area contributed by atoms with Gasteiger partial charge in [-0.2, -0.15) is 4.98 Å². The van der Waals surface area contributed by atoms with Gasteiger partial charge in [0.2, 0.25) is 5.95 Å². The minimum Gasteiger partial charge on any atom is -0.383 e. The molecule has 0 aliphatic heterocycles. The molecule has 0 aromatic carbocycles. The quantitative estimate of drug-likeness (QED) is 0.828. The monoisotopic (exact) mass is 272 g/mol. The molecule has 4 nitrogen and oxygen atoms in total. The van der Waals surface area contributed by atoms with E-state index in [0.717, 1.165) is 6.42 Å². The number of nitrogens with one attached hydrogen (secondary N) is 1. The lowest BCUT2D eigenvalue weighted by atomic mass is 10.0. The molecule has 0 aliphatic rings. The van der Waals surface area contributed by atoms with E-state index in [1.54, 1.807) is 6.07 Å². The lowest BCUT2D eigenvalue weighted by Crippen LogP contribution is -2.25. The Hall–Kier alpha value is -0.840. The summed E-state index contributed by atoms with van der Waals surface area (Å²) in [5.41, 5.74) is 5.63. The molecule has 1 heterocycles. The fourth-order valence-corrected chi connectivity index (χ4v) is 1.81. The Kier molecular flexibility index (Phi) is 4.32. The van der Waals surface area contributed by atoms with Crippen molar-refractivity contribution in [2.75, 3.05) is 11.1 Å². The number of halogens is 1. The zero-order valence-electron chi connectivity index (χ0n) is 9.29. The fourth-order valence-electron chi connectivity index (χ4n) is 1.41. The minimum absolute atomic E-state index is 0.374. The average molecular weight is 273 g/mol. The van der Waals surface area contributed by atoms with Crippen LogP contribution in [0.4, 0.5) is 11.8 Å². The van der Waals surface area contributed by atoms with Gasteiger partial charge in [-0.25, -0.2) is 4.98 Å². The molecule has 15 heavy (non-hydrogen) atoms. The zero-order chi connectivity index (χ0) is 11.4. The first kappa shape index (κ1) is 12.2. The SMILES string of the molecule is CCC(Nc1nc(N)cc(Br)n1)C(C)C. The average Bonchev–Trinajstić information content (AvgIpc) is 2.12. The van der Waals surface area contributed by atoms with Crippen LogP contribution in [0.2, 0.25) is 0 Å². The number of rotatable bonds is 4. The van der Waals surface area contributed by atoms with Crippen LogP contribution in [0.5, 0.6) is 0 Å². The van der Waals surface area contributed by atoms with Crippen molar-refractivity contribution in [1.82, 2.24) is 9.97 Å². The van der Waals surface area contributed by atoms with Crippen molar-refractivity contribution in [1.29, 1.82) is 0 Å². The van der Waals surface area contributed by atoms with Crippen molar-refractivity contribution in [3.63, 3.8) is 0 Å². The van der Waals surface area contributed by atoms with Gasteiger partial charge in [-0.05, 0) is 28.3 Å². The van der Waals surface area contributed by atoms with Gasteiger partial charge < -0.3 is 11.1 Å². The standard InChI is InChI=1S/C10H17BrN4/c1-4-7(6(2)3)13-10-14-8(11)5-9(12)15-10/h5-7H,4H2,1-3H3,(H3,12,13,14,15). The number of anilines is 2. The van der Waals surface area contributed by atoms with E-state index in [2.05, 4.69) is 52.0 Å². The summed E-state index contributed by atoms with van der Waals surface area (Å²) in [4.78, 5) is 8.35. The molecule has 0 spiro atoms. The normalized spacial score (nSPS) is 12.9. The van der Waals surface area contributed by atoms with E-state index < -0.39 is 0 Å². The largest absolute Gasteiger partial charge is 0.383 e. The number of aromatic nitrogens is 2. The highest BCUT2D eigenvalue weighted by molar-refractivity contribution is 9.10. The second kappa shape index (κ2) is 5.30. The molecule has 5 heteroatoms. The Bertz CT molecular complexity index is 307. The first-order valence-corrected chi connectivity index (χ1v) is 5.88. The van der Waals surface area contributed by atoms with E-state index >= 15 is 0 Å². The van der Waals surface area contributed by atoms with Crippen molar-refractivity contribution in [2.24, 2.45) is 5.92 Å². The molecule has 0 radical (unpaired) electrons. The van der Waals surface area contributed by atoms with Gasteiger partial charge in [-0.3, -0.25) is 0 Å². The van der Waals surface area contributed by atoms with E-state index in [4.69, 9.17) is 5.73 Å². The Labute approximate surface area is 98.8 Å². The molecule has 0 saturated heterocycles.